The van der Waals surface area contributed by atoms with E-state index in [9.17, 15) is 4.79 Å². The van der Waals surface area contributed by atoms with Gasteiger partial charge in [-0.15, -0.1) is 0 Å². The molecule has 1 aromatic heterocycles. The van der Waals surface area contributed by atoms with Crippen LogP contribution in [0.4, 0.5) is 0 Å². The Morgan fingerprint density at radius 1 is 1.77 bits per heavy atom. The molecule has 0 aromatic carbocycles. The van der Waals surface area contributed by atoms with Gasteiger partial charge < -0.3 is 9.67 Å². The van der Waals surface area contributed by atoms with E-state index >= 15 is 0 Å². The van der Waals surface area contributed by atoms with Crippen molar-refractivity contribution >= 4 is 5.97 Å². The van der Waals surface area contributed by atoms with Crippen LogP contribution in [-0.4, -0.2) is 20.6 Å². The summed E-state index contributed by atoms with van der Waals surface area (Å²) in [7, 11) is 1.91. The Kier molecular flexibility index (Phi) is 1.83. The van der Waals surface area contributed by atoms with Crippen LogP contribution in [0, 0.1) is 5.92 Å². The molecule has 0 saturated heterocycles. The van der Waals surface area contributed by atoms with Gasteiger partial charge in [0.25, 0.3) is 0 Å². The zero-order valence-corrected chi connectivity index (χ0v) is 7.53. The molecule has 0 bridgehead atoms. The second-order valence-electron chi connectivity index (χ2n) is 3.53. The maximum Gasteiger partial charge on any atom is 0.306 e. The summed E-state index contributed by atoms with van der Waals surface area (Å²) >= 11 is 0. The van der Waals surface area contributed by atoms with Crippen molar-refractivity contribution in [2.45, 2.75) is 19.3 Å². The lowest BCUT2D eigenvalue weighted by molar-refractivity contribution is -0.142. The molecule has 1 heterocycles. The molecule has 0 fully saturated rings. The molecule has 4 heteroatoms. The number of carboxylic acid groups (broad SMARTS) is 1. The first-order valence-electron chi connectivity index (χ1n) is 4.40. The molecule has 1 unspecified atom stereocenters. The van der Waals surface area contributed by atoms with Crippen LogP contribution in [0.25, 0.3) is 0 Å². The molecule has 0 saturated carbocycles. The Hall–Kier alpha value is -1.32. The molecular formula is C9H12N2O2. The van der Waals surface area contributed by atoms with Crippen molar-refractivity contribution in [2.24, 2.45) is 13.0 Å². The quantitative estimate of drug-likeness (QED) is 0.688. The zero-order chi connectivity index (χ0) is 9.42. The highest BCUT2D eigenvalue weighted by molar-refractivity contribution is 5.70. The summed E-state index contributed by atoms with van der Waals surface area (Å²) in [6.07, 6.45) is 3.91. The minimum atomic E-state index is -0.688. The normalized spacial score (nSPS) is 21.2. The van der Waals surface area contributed by atoms with Crippen molar-refractivity contribution in [2.75, 3.05) is 0 Å². The SMILES string of the molecule is Cn1cnc2c1CC(C(=O)O)CC2. The third-order valence-corrected chi connectivity index (χ3v) is 2.66. The van der Waals surface area contributed by atoms with E-state index in [0.717, 1.165) is 24.2 Å². The average molecular weight is 180 g/mol. The van der Waals surface area contributed by atoms with Crippen LogP contribution >= 0.6 is 0 Å². The van der Waals surface area contributed by atoms with Gasteiger partial charge in [-0.1, -0.05) is 0 Å². The molecule has 2 rings (SSSR count). The van der Waals surface area contributed by atoms with E-state index in [1.165, 1.54) is 0 Å². The number of hydrogen-bond acceptors (Lipinski definition) is 2. The number of rotatable bonds is 1. The van der Waals surface area contributed by atoms with Gasteiger partial charge in [0.2, 0.25) is 0 Å². The third kappa shape index (κ3) is 1.32. The van der Waals surface area contributed by atoms with E-state index < -0.39 is 5.97 Å². The largest absolute Gasteiger partial charge is 0.481 e. The first-order chi connectivity index (χ1) is 6.18. The van der Waals surface area contributed by atoms with Crippen molar-refractivity contribution < 1.29 is 9.90 Å². The van der Waals surface area contributed by atoms with Crippen molar-refractivity contribution in [1.29, 1.82) is 0 Å². The summed E-state index contributed by atoms with van der Waals surface area (Å²) in [5.74, 6) is -0.908. The fourth-order valence-electron chi connectivity index (χ4n) is 1.83. The summed E-state index contributed by atoms with van der Waals surface area (Å²) in [4.78, 5) is 15.0. The van der Waals surface area contributed by atoms with Crippen LogP contribution in [0.15, 0.2) is 6.33 Å². The van der Waals surface area contributed by atoms with E-state index in [1.54, 1.807) is 6.33 Å². The maximum atomic E-state index is 10.8. The summed E-state index contributed by atoms with van der Waals surface area (Å²) in [6.45, 7) is 0. The fraction of sp³-hybridized carbons (Fsp3) is 0.556. The Morgan fingerprint density at radius 2 is 2.54 bits per heavy atom. The third-order valence-electron chi connectivity index (χ3n) is 2.66. The minimum Gasteiger partial charge on any atom is -0.481 e. The van der Waals surface area contributed by atoms with Crippen LogP contribution in [0.5, 0.6) is 0 Å². The van der Waals surface area contributed by atoms with Crippen LogP contribution < -0.4 is 0 Å². The van der Waals surface area contributed by atoms with Crippen molar-refractivity contribution in [3.05, 3.63) is 17.7 Å². The number of hydrogen-bond donors (Lipinski definition) is 1. The summed E-state index contributed by atoms with van der Waals surface area (Å²) in [5, 5.41) is 8.86. The predicted octanol–water partition coefficient (Wildman–Crippen LogP) is 0.610. The molecule has 70 valence electrons. The zero-order valence-electron chi connectivity index (χ0n) is 7.53. The number of carbonyl (C=O) groups is 1. The van der Waals surface area contributed by atoms with Gasteiger partial charge in [-0.05, 0) is 12.8 Å². The van der Waals surface area contributed by atoms with Gasteiger partial charge in [0, 0.05) is 19.2 Å². The van der Waals surface area contributed by atoms with Gasteiger partial charge in [-0.2, -0.15) is 0 Å². The number of carboxylic acids is 1. The van der Waals surface area contributed by atoms with Crippen molar-refractivity contribution in [1.82, 2.24) is 9.55 Å². The molecule has 1 N–H and O–H groups in total. The number of fused-ring (bicyclic) bond motifs is 1. The van der Waals surface area contributed by atoms with E-state index in [0.29, 0.717) is 6.42 Å². The van der Waals surface area contributed by atoms with Gasteiger partial charge in [0.05, 0.1) is 17.9 Å². The highest BCUT2D eigenvalue weighted by Gasteiger charge is 2.26. The van der Waals surface area contributed by atoms with Crippen LogP contribution in [0.2, 0.25) is 0 Å². The lowest BCUT2D eigenvalue weighted by atomic mass is 9.90. The van der Waals surface area contributed by atoms with E-state index in [-0.39, 0.29) is 5.92 Å². The van der Waals surface area contributed by atoms with Gasteiger partial charge in [0.15, 0.2) is 0 Å². The molecule has 1 atom stereocenters. The Labute approximate surface area is 76.2 Å². The minimum absolute atomic E-state index is 0.220. The van der Waals surface area contributed by atoms with Gasteiger partial charge in [0.1, 0.15) is 0 Å². The summed E-state index contributed by atoms with van der Waals surface area (Å²) in [5.41, 5.74) is 2.15. The Bertz CT molecular complexity index is 343. The van der Waals surface area contributed by atoms with Crippen molar-refractivity contribution in [3.63, 3.8) is 0 Å². The molecule has 0 amide bonds. The van der Waals surface area contributed by atoms with Gasteiger partial charge in [-0.25, -0.2) is 4.98 Å². The Balaban J connectivity index is 2.27. The number of aryl methyl sites for hydroxylation is 2. The van der Waals surface area contributed by atoms with Gasteiger partial charge in [-0.3, -0.25) is 4.79 Å². The molecular weight excluding hydrogens is 168 g/mol. The number of imidazole rings is 1. The van der Waals surface area contributed by atoms with Crippen LogP contribution in [0.3, 0.4) is 0 Å². The number of aliphatic carboxylic acids is 1. The average Bonchev–Trinajstić information content (AvgIpc) is 2.47. The second kappa shape index (κ2) is 2.87. The van der Waals surface area contributed by atoms with Crippen LogP contribution in [-0.2, 0) is 24.7 Å². The number of nitrogens with zero attached hydrogens (tertiary/aromatic N) is 2. The second-order valence-corrected chi connectivity index (χ2v) is 3.53. The molecule has 0 spiro atoms. The molecule has 0 radical (unpaired) electrons. The highest BCUT2D eigenvalue weighted by atomic mass is 16.4. The first-order valence-corrected chi connectivity index (χ1v) is 4.40. The summed E-state index contributed by atoms with van der Waals surface area (Å²) in [6, 6.07) is 0. The standard InChI is InChI=1S/C9H12N2O2/c1-11-5-10-7-3-2-6(9(12)13)4-8(7)11/h5-6H,2-4H2,1H3,(H,12,13). The van der Waals surface area contributed by atoms with Gasteiger partial charge >= 0.3 is 5.97 Å². The molecule has 1 aromatic rings. The highest BCUT2D eigenvalue weighted by Crippen LogP contribution is 2.24. The molecule has 4 nitrogen and oxygen atoms in total. The monoisotopic (exact) mass is 180 g/mol. The van der Waals surface area contributed by atoms with Crippen LogP contribution in [0.1, 0.15) is 17.8 Å². The lowest BCUT2D eigenvalue weighted by Crippen LogP contribution is -2.23. The fourth-order valence-corrected chi connectivity index (χ4v) is 1.83. The van der Waals surface area contributed by atoms with E-state index in [2.05, 4.69) is 4.98 Å². The first kappa shape index (κ1) is 8.29. The lowest BCUT2D eigenvalue weighted by Gasteiger charge is -2.18. The molecule has 1 aliphatic rings. The smallest absolute Gasteiger partial charge is 0.306 e. The molecule has 13 heavy (non-hydrogen) atoms. The summed E-state index contributed by atoms with van der Waals surface area (Å²) < 4.78 is 1.92. The predicted molar refractivity (Wildman–Crippen MR) is 46.4 cm³/mol. The van der Waals surface area contributed by atoms with Crippen molar-refractivity contribution in [3.8, 4) is 0 Å². The topological polar surface area (TPSA) is 55.1 Å². The van der Waals surface area contributed by atoms with E-state index in [4.69, 9.17) is 5.11 Å². The number of aromatic nitrogens is 2. The van der Waals surface area contributed by atoms with E-state index in [1.807, 2.05) is 11.6 Å². The molecule has 1 aliphatic carbocycles. The Morgan fingerprint density at radius 3 is 3.23 bits per heavy atom. The maximum absolute atomic E-state index is 10.8. The molecule has 0 aliphatic heterocycles.